The number of hydrogen-bond donors (Lipinski definition) is 2. The fraction of sp³-hybridized carbons (Fsp3) is 0.0833. The standard InChI is InChI=1S/C24H17F3N4O2S/c25-24(26,27)16-6-3-7-17(11-16)29-22(33)19-8-1-2-9-20(19)31-21(32)12-18-14-34-23(30-18)15-5-4-10-28-13-15/h1-11,13-14H,12H2,(H,29,33)(H,31,32). The minimum atomic E-state index is -4.53. The van der Waals surface area contributed by atoms with Crippen LogP contribution in [0.4, 0.5) is 24.5 Å². The molecular formula is C24H17F3N4O2S. The molecule has 0 aliphatic carbocycles. The predicted octanol–water partition coefficient (Wildman–Crippen LogP) is 5.66. The van der Waals surface area contributed by atoms with E-state index in [0.717, 1.165) is 22.7 Å². The summed E-state index contributed by atoms with van der Waals surface area (Å²) in [6, 6.07) is 14.2. The molecule has 4 aromatic rings. The molecule has 0 spiro atoms. The van der Waals surface area contributed by atoms with Crippen molar-refractivity contribution in [1.29, 1.82) is 0 Å². The molecule has 4 rings (SSSR count). The number of anilines is 2. The van der Waals surface area contributed by atoms with Crippen molar-refractivity contribution >= 4 is 34.5 Å². The van der Waals surface area contributed by atoms with E-state index in [9.17, 15) is 22.8 Å². The second-order valence-corrected chi connectivity index (χ2v) is 8.05. The van der Waals surface area contributed by atoms with Gasteiger partial charge in [0.05, 0.1) is 28.9 Å². The number of halogens is 3. The summed E-state index contributed by atoms with van der Waals surface area (Å²) in [5.74, 6) is -1.04. The molecule has 0 fully saturated rings. The topological polar surface area (TPSA) is 84.0 Å². The van der Waals surface area contributed by atoms with Gasteiger partial charge in [0.25, 0.3) is 5.91 Å². The zero-order valence-electron chi connectivity index (χ0n) is 17.5. The Morgan fingerprint density at radius 2 is 1.79 bits per heavy atom. The molecular weight excluding hydrogens is 465 g/mol. The van der Waals surface area contributed by atoms with Crippen molar-refractivity contribution in [3.05, 3.63) is 95.3 Å². The van der Waals surface area contributed by atoms with Gasteiger partial charge in [0.2, 0.25) is 5.91 Å². The Balaban J connectivity index is 1.45. The number of hydrogen-bond acceptors (Lipinski definition) is 5. The summed E-state index contributed by atoms with van der Waals surface area (Å²) in [6.07, 6.45) is -1.20. The van der Waals surface area contributed by atoms with Crippen molar-refractivity contribution in [2.24, 2.45) is 0 Å². The van der Waals surface area contributed by atoms with Gasteiger partial charge in [-0.15, -0.1) is 11.3 Å². The van der Waals surface area contributed by atoms with E-state index in [0.29, 0.717) is 5.69 Å². The molecule has 6 nitrogen and oxygen atoms in total. The summed E-state index contributed by atoms with van der Waals surface area (Å²) < 4.78 is 38.8. The lowest BCUT2D eigenvalue weighted by molar-refractivity contribution is -0.137. The monoisotopic (exact) mass is 482 g/mol. The molecule has 2 aromatic heterocycles. The van der Waals surface area contributed by atoms with Crippen molar-refractivity contribution in [3.8, 4) is 10.6 Å². The molecule has 0 bridgehead atoms. The van der Waals surface area contributed by atoms with E-state index >= 15 is 0 Å². The number of carbonyl (C=O) groups excluding carboxylic acids is 2. The molecule has 2 N–H and O–H groups in total. The molecule has 34 heavy (non-hydrogen) atoms. The SMILES string of the molecule is O=C(Cc1csc(-c2cccnc2)n1)Nc1ccccc1C(=O)Nc1cccc(C(F)(F)F)c1. The number of alkyl halides is 3. The van der Waals surface area contributed by atoms with E-state index in [4.69, 9.17) is 0 Å². The molecule has 0 aliphatic rings. The lowest BCUT2D eigenvalue weighted by Gasteiger charge is -2.12. The number of para-hydroxylation sites is 1. The van der Waals surface area contributed by atoms with Crippen LogP contribution in [0.1, 0.15) is 21.6 Å². The lowest BCUT2D eigenvalue weighted by Crippen LogP contribution is -2.19. The van der Waals surface area contributed by atoms with Crippen LogP contribution < -0.4 is 10.6 Å². The van der Waals surface area contributed by atoms with E-state index in [1.807, 2.05) is 6.07 Å². The molecule has 0 aliphatic heterocycles. The maximum Gasteiger partial charge on any atom is 0.416 e. The Morgan fingerprint density at radius 1 is 0.971 bits per heavy atom. The first kappa shape index (κ1) is 23.1. The third-order valence-corrected chi connectivity index (χ3v) is 5.64. The molecule has 0 atom stereocenters. The first-order valence-electron chi connectivity index (χ1n) is 10.0. The lowest BCUT2D eigenvalue weighted by atomic mass is 10.1. The Hall–Kier alpha value is -4.05. The Labute approximate surface area is 196 Å². The highest BCUT2D eigenvalue weighted by Gasteiger charge is 2.30. The van der Waals surface area contributed by atoms with Crippen LogP contribution in [0.25, 0.3) is 10.6 Å². The number of nitrogens with zero attached hydrogens (tertiary/aromatic N) is 2. The highest BCUT2D eigenvalue weighted by molar-refractivity contribution is 7.13. The summed E-state index contributed by atoms with van der Waals surface area (Å²) in [7, 11) is 0. The average Bonchev–Trinajstić information content (AvgIpc) is 3.28. The summed E-state index contributed by atoms with van der Waals surface area (Å²) in [6.45, 7) is 0. The van der Waals surface area contributed by atoms with Crippen LogP contribution in [0.3, 0.4) is 0 Å². The van der Waals surface area contributed by atoms with Crippen LogP contribution in [0, 0.1) is 0 Å². The number of thiazole rings is 1. The second-order valence-electron chi connectivity index (χ2n) is 7.19. The van der Waals surface area contributed by atoms with E-state index in [2.05, 4.69) is 20.6 Å². The number of amides is 2. The summed E-state index contributed by atoms with van der Waals surface area (Å²) in [5, 5.41) is 7.64. The molecule has 0 saturated heterocycles. The first-order valence-corrected chi connectivity index (χ1v) is 10.9. The third-order valence-electron chi connectivity index (χ3n) is 4.70. The summed E-state index contributed by atoms with van der Waals surface area (Å²) in [4.78, 5) is 33.8. The van der Waals surface area contributed by atoms with Crippen molar-refractivity contribution in [3.63, 3.8) is 0 Å². The minimum absolute atomic E-state index is 0.00800. The fourth-order valence-corrected chi connectivity index (χ4v) is 3.94. The van der Waals surface area contributed by atoms with E-state index in [-0.39, 0.29) is 29.3 Å². The van der Waals surface area contributed by atoms with E-state index in [1.165, 1.54) is 29.5 Å². The van der Waals surface area contributed by atoms with Gasteiger partial charge < -0.3 is 10.6 Å². The zero-order valence-corrected chi connectivity index (χ0v) is 18.3. The first-order chi connectivity index (χ1) is 16.3. The molecule has 2 aromatic carbocycles. The largest absolute Gasteiger partial charge is 0.416 e. The van der Waals surface area contributed by atoms with Gasteiger partial charge in [-0.25, -0.2) is 4.98 Å². The highest BCUT2D eigenvalue weighted by Crippen LogP contribution is 2.31. The molecule has 172 valence electrons. The Bertz CT molecular complexity index is 1320. The Morgan fingerprint density at radius 3 is 2.56 bits per heavy atom. The van der Waals surface area contributed by atoms with Gasteiger partial charge in [0.15, 0.2) is 0 Å². The van der Waals surface area contributed by atoms with Gasteiger partial charge >= 0.3 is 6.18 Å². The predicted molar refractivity (Wildman–Crippen MR) is 124 cm³/mol. The van der Waals surface area contributed by atoms with Crippen LogP contribution in [0.15, 0.2) is 78.4 Å². The maximum atomic E-state index is 12.9. The number of carbonyl (C=O) groups is 2. The molecule has 2 amide bonds. The molecule has 0 radical (unpaired) electrons. The number of nitrogens with one attached hydrogen (secondary N) is 2. The zero-order chi connectivity index (χ0) is 24.1. The average molecular weight is 482 g/mol. The molecule has 10 heteroatoms. The van der Waals surface area contributed by atoms with Crippen molar-refractivity contribution in [2.45, 2.75) is 12.6 Å². The fourth-order valence-electron chi connectivity index (χ4n) is 3.13. The van der Waals surface area contributed by atoms with Gasteiger partial charge in [0.1, 0.15) is 5.01 Å². The van der Waals surface area contributed by atoms with E-state index < -0.39 is 17.6 Å². The maximum absolute atomic E-state index is 12.9. The number of pyridine rings is 1. The second kappa shape index (κ2) is 9.84. The summed E-state index contributed by atoms with van der Waals surface area (Å²) >= 11 is 1.39. The number of rotatable bonds is 6. The van der Waals surface area contributed by atoms with Gasteiger partial charge in [0, 0.05) is 29.0 Å². The molecule has 0 saturated carbocycles. The van der Waals surface area contributed by atoms with Crippen molar-refractivity contribution < 1.29 is 22.8 Å². The quantitative estimate of drug-likeness (QED) is 0.372. The normalized spacial score (nSPS) is 11.1. The van der Waals surface area contributed by atoms with E-state index in [1.54, 1.807) is 42.0 Å². The van der Waals surface area contributed by atoms with Crippen LogP contribution in [0.5, 0.6) is 0 Å². The summed E-state index contributed by atoms with van der Waals surface area (Å²) in [5.41, 5.74) is 0.873. The number of aromatic nitrogens is 2. The van der Waals surface area contributed by atoms with Gasteiger partial charge in [-0.3, -0.25) is 14.6 Å². The molecule has 2 heterocycles. The van der Waals surface area contributed by atoms with Gasteiger partial charge in [-0.1, -0.05) is 18.2 Å². The number of benzene rings is 2. The van der Waals surface area contributed by atoms with Crippen molar-refractivity contribution in [2.75, 3.05) is 10.6 Å². The minimum Gasteiger partial charge on any atom is -0.325 e. The highest BCUT2D eigenvalue weighted by atomic mass is 32.1. The van der Waals surface area contributed by atoms with Crippen LogP contribution in [-0.2, 0) is 17.4 Å². The molecule has 0 unspecified atom stereocenters. The van der Waals surface area contributed by atoms with Gasteiger partial charge in [-0.2, -0.15) is 13.2 Å². The van der Waals surface area contributed by atoms with Crippen LogP contribution >= 0.6 is 11.3 Å². The Kier molecular flexibility index (Phi) is 6.69. The van der Waals surface area contributed by atoms with Crippen LogP contribution in [0.2, 0.25) is 0 Å². The van der Waals surface area contributed by atoms with Crippen molar-refractivity contribution in [1.82, 2.24) is 9.97 Å². The van der Waals surface area contributed by atoms with Gasteiger partial charge in [-0.05, 0) is 42.5 Å². The smallest absolute Gasteiger partial charge is 0.325 e. The third kappa shape index (κ3) is 5.65. The van der Waals surface area contributed by atoms with Crippen LogP contribution in [-0.4, -0.2) is 21.8 Å².